The van der Waals surface area contributed by atoms with Crippen LogP contribution in [-0.4, -0.2) is 49.3 Å². The molecule has 0 radical (unpaired) electrons. The number of rotatable bonds is 2. The maximum absolute atomic E-state index is 11.5. The van der Waals surface area contributed by atoms with Crippen LogP contribution in [0.2, 0.25) is 0 Å². The molecule has 1 saturated heterocycles. The SMILES string of the molecule is C[C@@]1(O)[C@H](O)[C@@H](CO)O[C@H]1n1cccnc1=O. The minimum absolute atomic E-state index is 0.442. The van der Waals surface area contributed by atoms with Gasteiger partial charge in [0, 0.05) is 12.4 Å². The molecule has 1 fully saturated rings. The Morgan fingerprint density at radius 2 is 2.35 bits per heavy atom. The Morgan fingerprint density at radius 3 is 2.88 bits per heavy atom. The largest absolute Gasteiger partial charge is 0.394 e. The molecule has 0 saturated carbocycles. The molecule has 4 atom stereocenters. The van der Waals surface area contributed by atoms with Gasteiger partial charge in [0.15, 0.2) is 6.23 Å². The molecular formula is C10H14N2O5. The van der Waals surface area contributed by atoms with Crippen LogP contribution in [0.25, 0.3) is 0 Å². The lowest BCUT2D eigenvalue weighted by molar-refractivity contribution is -0.0987. The van der Waals surface area contributed by atoms with Crippen LogP contribution in [0.3, 0.4) is 0 Å². The van der Waals surface area contributed by atoms with E-state index in [1.807, 2.05) is 0 Å². The number of nitrogens with zero attached hydrogens (tertiary/aromatic N) is 2. The Kier molecular flexibility index (Phi) is 3.00. The lowest BCUT2D eigenvalue weighted by Gasteiger charge is -2.27. The van der Waals surface area contributed by atoms with Gasteiger partial charge in [-0.3, -0.25) is 4.57 Å². The third-order valence-corrected chi connectivity index (χ3v) is 2.93. The van der Waals surface area contributed by atoms with Crippen molar-refractivity contribution in [1.29, 1.82) is 0 Å². The number of hydrogen-bond donors (Lipinski definition) is 3. The Labute approximate surface area is 96.9 Å². The van der Waals surface area contributed by atoms with Gasteiger partial charge in [-0.2, -0.15) is 0 Å². The molecule has 0 spiro atoms. The molecule has 7 nitrogen and oxygen atoms in total. The molecule has 0 unspecified atom stereocenters. The number of aromatic nitrogens is 2. The number of hydrogen-bond acceptors (Lipinski definition) is 6. The first-order valence-corrected chi connectivity index (χ1v) is 5.18. The summed E-state index contributed by atoms with van der Waals surface area (Å²) in [6.45, 7) is 0.903. The highest BCUT2D eigenvalue weighted by Gasteiger charge is 2.53. The van der Waals surface area contributed by atoms with Crippen LogP contribution in [0.4, 0.5) is 0 Å². The van der Waals surface area contributed by atoms with Gasteiger partial charge in [0.1, 0.15) is 17.8 Å². The minimum atomic E-state index is -1.67. The maximum Gasteiger partial charge on any atom is 0.349 e. The number of ether oxygens (including phenoxy) is 1. The summed E-state index contributed by atoms with van der Waals surface area (Å²) in [4.78, 5) is 15.0. The molecular weight excluding hydrogens is 228 g/mol. The van der Waals surface area contributed by atoms with E-state index in [2.05, 4.69) is 4.98 Å². The average Bonchev–Trinajstić information content (AvgIpc) is 2.52. The smallest absolute Gasteiger partial charge is 0.349 e. The second-order valence-corrected chi connectivity index (χ2v) is 4.19. The normalized spacial score (nSPS) is 37.3. The number of aliphatic hydroxyl groups is 3. The molecule has 7 heteroatoms. The van der Waals surface area contributed by atoms with Gasteiger partial charge in [0.25, 0.3) is 0 Å². The molecule has 0 amide bonds. The average molecular weight is 242 g/mol. The fourth-order valence-electron chi connectivity index (χ4n) is 1.94. The van der Waals surface area contributed by atoms with Crippen molar-refractivity contribution < 1.29 is 20.1 Å². The lowest BCUT2D eigenvalue weighted by atomic mass is 9.96. The van der Waals surface area contributed by atoms with Gasteiger partial charge in [0.05, 0.1) is 6.61 Å². The second-order valence-electron chi connectivity index (χ2n) is 4.19. The van der Waals surface area contributed by atoms with E-state index >= 15 is 0 Å². The highest BCUT2D eigenvalue weighted by Crippen LogP contribution is 2.36. The van der Waals surface area contributed by atoms with Crippen molar-refractivity contribution in [3.63, 3.8) is 0 Å². The fourth-order valence-corrected chi connectivity index (χ4v) is 1.94. The first kappa shape index (κ1) is 12.2. The topological polar surface area (TPSA) is 105 Å². The van der Waals surface area contributed by atoms with Crippen LogP contribution in [0, 0.1) is 0 Å². The van der Waals surface area contributed by atoms with Crippen LogP contribution < -0.4 is 5.69 Å². The van der Waals surface area contributed by atoms with E-state index in [4.69, 9.17) is 9.84 Å². The second kappa shape index (κ2) is 4.19. The van der Waals surface area contributed by atoms with Crippen molar-refractivity contribution in [2.45, 2.75) is 31.0 Å². The van der Waals surface area contributed by atoms with Crippen molar-refractivity contribution in [3.8, 4) is 0 Å². The van der Waals surface area contributed by atoms with Crippen LogP contribution >= 0.6 is 0 Å². The van der Waals surface area contributed by atoms with Crippen molar-refractivity contribution in [3.05, 3.63) is 28.9 Å². The van der Waals surface area contributed by atoms with Crippen molar-refractivity contribution >= 4 is 0 Å². The first-order valence-electron chi connectivity index (χ1n) is 5.18. The summed E-state index contributed by atoms with van der Waals surface area (Å²) in [5.74, 6) is 0. The molecule has 94 valence electrons. The van der Waals surface area contributed by atoms with Crippen LogP contribution in [-0.2, 0) is 4.74 Å². The van der Waals surface area contributed by atoms with Crippen molar-refractivity contribution in [2.24, 2.45) is 0 Å². The summed E-state index contributed by atoms with van der Waals surface area (Å²) in [6.07, 6.45) is -0.550. The first-order chi connectivity index (χ1) is 7.98. The zero-order valence-corrected chi connectivity index (χ0v) is 9.22. The summed E-state index contributed by atoms with van der Waals surface area (Å²) >= 11 is 0. The molecule has 3 N–H and O–H groups in total. The Balaban J connectivity index is 2.41. The monoisotopic (exact) mass is 242 g/mol. The summed E-state index contributed by atoms with van der Waals surface area (Å²) in [6, 6.07) is 1.51. The third-order valence-electron chi connectivity index (χ3n) is 2.93. The van der Waals surface area contributed by atoms with Gasteiger partial charge < -0.3 is 20.1 Å². The zero-order valence-electron chi connectivity index (χ0n) is 9.22. The summed E-state index contributed by atoms with van der Waals surface area (Å²) in [5.41, 5.74) is -2.26. The van der Waals surface area contributed by atoms with E-state index < -0.39 is 36.3 Å². The number of aliphatic hydroxyl groups excluding tert-OH is 2. The predicted octanol–water partition coefficient (Wildman–Crippen LogP) is -1.76. The molecule has 1 aromatic heterocycles. The van der Waals surface area contributed by atoms with E-state index in [1.165, 1.54) is 25.4 Å². The van der Waals surface area contributed by atoms with Gasteiger partial charge in [-0.1, -0.05) is 0 Å². The molecule has 1 aliphatic rings. The minimum Gasteiger partial charge on any atom is -0.394 e. The highest BCUT2D eigenvalue weighted by atomic mass is 16.6. The molecule has 1 aromatic rings. The Hall–Kier alpha value is -1.28. The van der Waals surface area contributed by atoms with Crippen LogP contribution in [0.1, 0.15) is 13.2 Å². The van der Waals surface area contributed by atoms with E-state index in [0.29, 0.717) is 0 Å². The van der Waals surface area contributed by atoms with E-state index in [1.54, 1.807) is 0 Å². The van der Waals surface area contributed by atoms with Crippen molar-refractivity contribution in [2.75, 3.05) is 6.61 Å². The summed E-state index contributed by atoms with van der Waals surface area (Å²) in [7, 11) is 0. The fraction of sp³-hybridized carbons (Fsp3) is 0.600. The van der Waals surface area contributed by atoms with Gasteiger partial charge in [0.2, 0.25) is 0 Å². The molecule has 0 bridgehead atoms. The van der Waals surface area contributed by atoms with Gasteiger partial charge in [-0.15, -0.1) is 0 Å². The third kappa shape index (κ3) is 1.87. The molecule has 17 heavy (non-hydrogen) atoms. The van der Waals surface area contributed by atoms with Gasteiger partial charge >= 0.3 is 5.69 Å². The lowest BCUT2D eigenvalue weighted by Crippen LogP contribution is -2.46. The Bertz CT molecular complexity index is 458. The predicted molar refractivity (Wildman–Crippen MR) is 56.1 cm³/mol. The maximum atomic E-state index is 11.5. The summed E-state index contributed by atoms with van der Waals surface area (Å²) < 4.78 is 6.36. The molecule has 0 aliphatic carbocycles. The van der Waals surface area contributed by atoms with Gasteiger partial charge in [-0.05, 0) is 13.0 Å². The zero-order chi connectivity index (χ0) is 12.6. The Morgan fingerprint density at radius 1 is 1.65 bits per heavy atom. The summed E-state index contributed by atoms with van der Waals surface area (Å²) in [5, 5.41) is 28.9. The van der Waals surface area contributed by atoms with Gasteiger partial charge in [-0.25, -0.2) is 9.78 Å². The standard InChI is InChI=1S/C10H14N2O5/c1-10(16)7(14)6(5-13)17-8(10)12-4-2-3-11-9(12)15/h2-4,6-8,13-14,16H,5H2,1H3/t6-,7-,8-,10-/m1/s1. The molecule has 2 heterocycles. The molecule has 0 aromatic carbocycles. The van der Waals surface area contributed by atoms with E-state index in [9.17, 15) is 15.0 Å². The quantitative estimate of drug-likeness (QED) is 0.567. The van der Waals surface area contributed by atoms with E-state index in [-0.39, 0.29) is 0 Å². The van der Waals surface area contributed by atoms with Crippen molar-refractivity contribution in [1.82, 2.24) is 9.55 Å². The molecule has 2 rings (SSSR count). The van der Waals surface area contributed by atoms with Crippen LogP contribution in [0.15, 0.2) is 23.3 Å². The molecule has 1 aliphatic heterocycles. The van der Waals surface area contributed by atoms with Crippen LogP contribution in [0.5, 0.6) is 0 Å². The van der Waals surface area contributed by atoms with E-state index in [0.717, 1.165) is 4.57 Å². The highest BCUT2D eigenvalue weighted by molar-refractivity contribution is 5.00.